The number of ether oxygens (including phenoxy) is 1. The molecular formula is C22H30N2O4S. The quantitative estimate of drug-likeness (QED) is 0.745. The van der Waals surface area contributed by atoms with Crippen molar-refractivity contribution in [3.8, 4) is 5.75 Å². The number of methoxy groups -OCH3 is 1. The third-order valence-corrected chi connectivity index (χ3v) is 6.28. The van der Waals surface area contributed by atoms with Crippen molar-refractivity contribution in [3.05, 3.63) is 58.7 Å². The van der Waals surface area contributed by atoms with Crippen LogP contribution in [0.15, 0.2) is 36.4 Å². The van der Waals surface area contributed by atoms with Gasteiger partial charge < -0.3 is 10.1 Å². The van der Waals surface area contributed by atoms with E-state index in [1.165, 1.54) is 12.7 Å². The largest absolute Gasteiger partial charge is 0.495 e. The van der Waals surface area contributed by atoms with E-state index in [4.69, 9.17) is 4.74 Å². The molecule has 158 valence electrons. The van der Waals surface area contributed by atoms with Gasteiger partial charge in [-0.1, -0.05) is 24.3 Å². The lowest BCUT2D eigenvalue weighted by molar-refractivity contribution is -0.122. The van der Waals surface area contributed by atoms with Gasteiger partial charge in [0.25, 0.3) is 0 Å². The molecule has 2 atom stereocenters. The number of amides is 1. The van der Waals surface area contributed by atoms with Crippen molar-refractivity contribution in [1.29, 1.82) is 0 Å². The number of hydrogen-bond donors (Lipinski definition) is 1. The van der Waals surface area contributed by atoms with Crippen LogP contribution in [0.25, 0.3) is 0 Å². The molecule has 0 aliphatic rings. The molecule has 6 nitrogen and oxygen atoms in total. The number of aryl methyl sites for hydroxylation is 3. The second kappa shape index (κ2) is 8.86. The van der Waals surface area contributed by atoms with Crippen molar-refractivity contribution in [2.45, 2.75) is 46.7 Å². The average molecular weight is 419 g/mol. The van der Waals surface area contributed by atoms with Gasteiger partial charge in [-0.05, 0) is 69.0 Å². The number of anilines is 1. The summed E-state index contributed by atoms with van der Waals surface area (Å²) in [7, 11) is -2.26. The number of rotatable bonds is 7. The van der Waals surface area contributed by atoms with E-state index < -0.39 is 16.1 Å². The Morgan fingerprint density at radius 2 is 1.69 bits per heavy atom. The highest BCUT2D eigenvalue weighted by atomic mass is 32.2. The van der Waals surface area contributed by atoms with Gasteiger partial charge in [0.1, 0.15) is 11.8 Å². The zero-order valence-corrected chi connectivity index (χ0v) is 18.9. The van der Waals surface area contributed by atoms with E-state index in [2.05, 4.69) is 5.32 Å². The molecule has 0 saturated heterocycles. The molecule has 2 rings (SSSR count). The van der Waals surface area contributed by atoms with Crippen molar-refractivity contribution >= 4 is 21.6 Å². The monoisotopic (exact) mass is 418 g/mol. The molecule has 0 aromatic heterocycles. The molecule has 0 heterocycles. The minimum absolute atomic E-state index is 0.259. The highest BCUT2D eigenvalue weighted by Crippen LogP contribution is 2.32. The van der Waals surface area contributed by atoms with Crippen LogP contribution >= 0.6 is 0 Å². The number of carbonyl (C=O) groups excluding carboxylic acids is 1. The van der Waals surface area contributed by atoms with Gasteiger partial charge in [-0.15, -0.1) is 0 Å². The standard InChI is InChI=1S/C22H30N2O4S/c1-14-8-11-21(28-6)20(12-14)24(29(7,26)27)18(5)22(25)23-17(4)19-10-9-15(2)16(3)13-19/h8-13,17-18H,1-7H3,(H,23,25). The number of sulfonamides is 1. The predicted molar refractivity (Wildman–Crippen MR) is 117 cm³/mol. The predicted octanol–water partition coefficient (Wildman–Crippen LogP) is 3.65. The van der Waals surface area contributed by atoms with Crippen LogP contribution in [-0.4, -0.2) is 33.7 Å². The third-order valence-electron chi connectivity index (χ3n) is 5.05. The summed E-state index contributed by atoms with van der Waals surface area (Å²) in [4.78, 5) is 13.0. The lowest BCUT2D eigenvalue weighted by atomic mass is 10.0. The van der Waals surface area contributed by atoms with Gasteiger partial charge in [0.2, 0.25) is 15.9 Å². The fraction of sp³-hybridized carbons (Fsp3) is 0.409. The second-order valence-electron chi connectivity index (χ2n) is 7.48. The van der Waals surface area contributed by atoms with Crippen LogP contribution in [0.2, 0.25) is 0 Å². The summed E-state index contributed by atoms with van der Waals surface area (Å²) in [6, 6.07) is 10.0. The van der Waals surface area contributed by atoms with Crippen LogP contribution in [0.3, 0.4) is 0 Å². The van der Waals surface area contributed by atoms with Crippen molar-refractivity contribution in [3.63, 3.8) is 0 Å². The maximum Gasteiger partial charge on any atom is 0.244 e. The van der Waals surface area contributed by atoms with Crippen LogP contribution in [-0.2, 0) is 14.8 Å². The topological polar surface area (TPSA) is 75.7 Å². The SMILES string of the molecule is COc1ccc(C)cc1N(C(C)C(=O)NC(C)c1ccc(C)c(C)c1)S(C)(=O)=O. The summed E-state index contributed by atoms with van der Waals surface area (Å²) >= 11 is 0. The minimum Gasteiger partial charge on any atom is -0.495 e. The molecule has 0 spiro atoms. The van der Waals surface area contributed by atoms with E-state index >= 15 is 0 Å². The van der Waals surface area contributed by atoms with E-state index in [0.717, 1.165) is 27.3 Å². The highest BCUT2D eigenvalue weighted by molar-refractivity contribution is 7.92. The van der Waals surface area contributed by atoms with Crippen molar-refractivity contribution in [2.75, 3.05) is 17.7 Å². The van der Waals surface area contributed by atoms with Crippen LogP contribution in [0.1, 0.15) is 42.1 Å². The summed E-state index contributed by atoms with van der Waals surface area (Å²) in [5.41, 5.74) is 4.49. The third kappa shape index (κ3) is 5.29. The van der Waals surface area contributed by atoms with Gasteiger partial charge in [-0.25, -0.2) is 8.42 Å². The zero-order valence-electron chi connectivity index (χ0n) is 18.1. The van der Waals surface area contributed by atoms with Gasteiger partial charge in [-0.3, -0.25) is 9.10 Å². The Bertz CT molecular complexity index is 1000. The summed E-state index contributed by atoms with van der Waals surface area (Å²) in [5, 5.41) is 2.93. The van der Waals surface area contributed by atoms with Crippen LogP contribution in [0.4, 0.5) is 5.69 Å². The first-order valence-corrected chi connectivity index (χ1v) is 11.3. The van der Waals surface area contributed by atoms with Gasteiger partial charge >= 0.3 is 0 Å². The fourth-order valence-electron chi connectivity index (χ4n) is 3.20. The normalized spacial score (nSPS) is 13.5. The zero-order chi connectivity index (χ0) is 21.9. The van der Waals surface area contributed by atoms with E-state index in [1.54, 1.807) is 19.1 Å². The smallest absolute Gasteiger partial charge is 0.244 e. The van der Waals surface area contributed by atoms with Crippen molar-refractivity contribution < 1.29 is 17.9 Å². The Kier molecular flexibility index (Phi) is 6.95. The maximum atomic E-state index is 13.0. The molecule has 0 bridgehead atoms. The molecule has 29 heavy (non-hydrogen) atoms. The van der Waals surface area contributed by atoms with Crippen LogP contribution < -0.4 is 14.4 Å². The van der Waals surface area contributed by atoms with Crippen LogP contribution in [0, 0.1) is 20.8 Å². The molecule has 0 aliphatic carbocycles. The van der Waals surface area contributed by atoms with Gasteiger partial charge in [0.05, 0.1) is 25.1 Å². The van der Waals surface area contributed by atoms with Crippen molar-refractivity contribution in [1.82, 2.24) is 5.32 Å². The first-order valence-electron chi connectivity index (χ1n) is 9.47. The lowest BCUT2D eigenvalue weighted by Gasteiger charge is -2.30. The summed E-state index contributed by atoms with van der Waals surface area (Å²) in [6.45, 7) is 9.36. The highest BCUT2D eigenvalue weighted by Gasteiger charge is 2.32. The van der Waals surface area contributed by atoms with E-state index in [0.29, 0.717) is 11.4 Å². The molecule has 2 unspecified atom stereocenters. The fourth-order valence-corrected chi connectivity index (χ4v) is 4.37. The number of nitrogens with one attached hydrogen (secondary N) is 1. The van der Waals surface area contributed by atoms with E-state index in [9.17, 15) is 13.2 Å². The minimum atomic E-state index is -3.73. The maximum absolute atomic E-state index is 13.0. The number of nitrogens with zero attached hydrogens (tertiary/aromatic N) is 1. The Morgan fingerprint density at radius 3 is 2.24 bits per heavy atom. The molecule has 0 fully saturated rings. The molecule has 0 radical (unpaired) electrons. The van der Waals surface area contributed by atoms with Gasteiger partial charge in [-0.2, -0.15) is 0 Å². The average Bonchev–Trinajstić information content (AvgIpc) is 2.63. The number of hydrogen-bond acceptors (Lipinski definition) is 4. The molecule has 1 amide bonds. The lowest BCUT2D eigenvalue weighted by Crippen LogP contribution is -2.48. The number of carbonyl (C=O) groups is 1. The van der Waals surface area contributed by atoms with E-state index in [-0.39, 0.29) is 11.9 Å². The first-order chi connectivity index (χ1) is 13.5. The Balaban J connectivity index is 2.34. The van der Waals surface area contributed by atoms with Crippen molar-refractivity contribution in [2.24, 2.45) is 0 Å². The molecule has 7 heteroatoms. The molecule has 0 saturated carbocycles. The first kappa shape index (κ1) is 22.7. The molecule has 0 aliphatic heterocycles. The molecule has 2 aromatic rings. The number of benzene rings is 2. The van der Waals surface area contributed by atoms with Gasteiger partial charge in [0, 0.05) is 0 Å². The van der Waals surface area contributed by atoms with Gasteiger partial charge in [0.15, 0.2) is 0 Å². The Morgan fingerprint density at radius 1 is 1.03 bits per heavy atom. The molecule has 1 N–H and O–H groups in total. The Hall–Kier alpha value is -2.54. The summed E-state index contributed by atoms with van der Waals surface area (Å²) in [5.74, 6) is 0.00703. The van der Waals surface area contributed by atoms with E-state index in [1.807, 2.05) is 52.0 Å². The summed E-state index contributed by atoms with van der Waals surface area (Å²) in [6.07, 6.45) is 1.09. The second-order valence-corrected chi connectivity index (χ2v) is 9.34. The van der Waals surface area contributed by atoms with Crippen LogP contribution in [0.5, 0.6) is 5.75 Å². The summed E-state index contributed by atoms with van der Waals surface area (Å²) < 4.78 is 31.6. The Labute approximate surface area is 173 Å². The molecular weight excluding hydrogens is 388 g/mol. The molecule has 2 aromatic carbocycles.